The summed E-state index contributed by atoms with van der Waals surface area (Å²) in [6.45, 7) is 1.33. The van der Waals surface area contributed by atoms with Crippen molar-refractivity contribution >= 4 is 11.1 Å². The molecule has 0 saturated heterocycles. The van der Waals surface area contributed by atoms with Crippen LogP contribution in [0.2, 0.25) is 0 Å². The van der Waals surface area contributed by atoms with Gasteiger partial charge in [-0.05, 0) is 59.7 Å². The number of unbranched alkanes of at least 4 members (excludes halogenated alkanes) is 4. The van der Waals surface area contributed by atoms with E-state index in [-0.39, 0.29) is 11.3 Å². The van der Waals surface area contributed by atoms with Crippen LogP contribution in [0.15, 0.2) is 54.6 Å². The van der Waals surface area contributed by atoms with Crippen LogP contribution in [0.25, 0.3) is 11.1 Å². The molecule has 0 unspecified atom stereocenters. The quantitative estimate of drug-likeness (QED) is 0.341. The van der Waals surface area contributed by atoms with Gasteiger partial charge in [0.15, 0.2) is 11.5 Å². The molecule has 6 heteroatoms. The van der Waals surface area contributed by atoms with Gasteiger partial charge in [-0.1, -0.05) is 49.2 Å². The maximum absolute atomic E-state index is 13.6. The molecular weight excluding hydrogens is 417 g/mol. The van der Waals surface area contributed by atoms with Gasteiger partial charge in [0.05, 0.1) is 26.4 Å². The average Bonchev–Trinajstić information content (AvgIpc) is 3.15. The largest absolute Gasteiger partial charge is 0.493 e. The molecule has 172 valence electrons. The van der Waals surface area contributed by atoms with Crippen molar-refractivity contribution < 1.29 is 27.4 Å². The summed E-state index contributed by atoms with van der Waals surface area (Å²) in [5, 5.41) is 0. The van der Waals surface area contributed by atoms with Crippen molar-refractivity contribution in [2.75, 3.05) is 20.8 Å². The van der Waals surface area contributed by atoms with E-state index in [1.165, 1.54) is 26.4 Å². The third-order valence-corrected chi connectivity index (χ3v) is 5.45. The van der Waals surface area contributed by atoms with Gasteiger partial charge in [0.2, 0.25) is 0 Å². The summed E-state index contributed by atoms with van der Waals surface area (Å²) in [5.74, 6) is 0.710. The lowest BCUT2D eigenvalue weighted by Gasteiger charge is -2.14. The van der Waals surface area contributed by atoms with Gasteiger partial charge in [0, 0.05) is 6.61 Å². The van der Waals surface area contributed by atoms with Crippen molar-refractivity contribution in [3.63, 3.8) is 0 Å². The fourth-order valence-electron chi connectivity index (χ4n) is 3.78. The van der Waals surface area contributed by atoms with Gasteiger partial charge in [-0.15, -0.1) is 0 Å². The summed E-state index contributed by atoms with van der Waals surface area (Å²) < 4.78 is 56.8. The first kappa shape index (κ1) is 23.9. The molecule has 0 aromatic heterocycles. The fraction of sp³-hybridized carbons (Fsp3) is 0.385. The zero-order valence-corrected chi connectivity index (χ0v) is 18.5. The molecule has 0 bridgehead atoms. The average molecular weight is 447 g/mol. The summed E-state index contributed by atoms with van der Waals surface area (Å²) in [5.41, 5.74) is 1.77. The topological polar surface area (TPSA) is 27.7 Å². The minimum Gasteiger partial charge on any atom is -0.493 e. The molecule has 0 heterocycles. The van der Waals surface area contributed by atoms with Gasteiger partial charge >= 0.3 is 6.18 Å². The molecule has 2 aromatic rings. The van der Waals surface area contributed by atoms with Crippen molar-refractivity contribution in [1.29, 1.82) is 0 Å². The molecule has 0 spiro atoms. The lowest BCUT2D eigenvalue weighted by molar-refractivity contribution is -0.0687. The fourth-order valence-corrected chi connectivity index (χ4v) is 3.78. The number of fused-ring (bicyclic) bond motifs is 1. The highest BCUT2D eigenvalue weighted by Crippen LogP contribution is 2.47. The molecule has 0 fully saturated rings. The van der Waals surface area contributed by atoms with Gasteiger partial charge in [-0.3, -0.25) is 0 Å². The van der Waals surface area contributed by atoms with Crippen LogP contribution in [0.5, 0.6) is 11.5 Å². The summed E-state index contributed by atoms with van der Waals surface area (Å²) in [7, 11) is 2.89. The van der Waals surface area contributed by atoms with Crippen molar-refractivity contribution in [3.8, 4) is 11.5 Å². The lowest BCUT2D eigenvalue weighted by Crippen LogP contribution is -2.09. The van der Waals surface area contributed by atoms with E-state index < -0.39 is 11.7 Å². The Balaban J connectivity index is 1.50. The number of rotatable bonds is 11. The Bertz CT molecular complexity index is 947. The van der Waals surface area contributed by atoms with E-state index in [2.05, 4.69) is 0 Å². The summed E-state index contributed by atoms with van der Waals surface area (Å²) in [6.07, 6.45) is 3.33. The molecule has 2 aromatic carbocycles. The standard InChI is InChI=1S/C26H29F3O3/c1-30-24-16-21-20(15-23(26(27,28)29)22(21)17-25(24)31-2)13-9-4-3-5-10-14-32-18-19-11-7-6-8-12-19/h6-8,11-13,15-17H,3-5,9-10,14,18H2,1-2H3/b20-13-. The maximum atomic E-state index is 13.6. The highest BCUT2D eigenvalue weighted by atomic mass is 19.4. The Morgan fingerprint density at radius 1 is 0.844 bits per heavy atom. The smallest absolute Gasteiger partial charge is 0.417 e. The molecule has 3 rings (SSSR count). The number of benzene rings is 2. The van der Waals surface area contributed by atoms with Crippen LogP contribution in [0.1, 0.15) is 48.8 Å². The second kappa shape index (κ2) is 11.2. The van der Waals surface area contributed by atoms with Crippen molar-refractivity contribution in [1.82, 2.24) is 0 Å². The van der Waals surface area contributed by atoms with E-state index >= 15 is 0 Å². The number of hydrogen-bond donors (Lipinski definition) is 0. The first-order chi connectivity index (χ1) is 15.4. The van der Waals surface area contributed by atoms with Crippen molar-refractivity contribution in [3.05, 3.63) is 71.3 Å². The van der Waals surface area contributed by atoms with E-state index in [1.807, 2.05) is 36.4 Å². The van der Waals surface area contributed by atoms with Crippen LogP contribution >= 0.6 is 0 Å². The highest BCUT2D eigenvalue weighted by Gasteiger charge is 2.39. The molecule has 0 saturated carbocycles. The molecule has 0 amide bonds. The second-order valence-corrected chi connectivity index (χ2v) is 7.71. The number of allylic oxidation sites excluding steroid dienone is 4. The zero-order chi connectivity index (χ0) is 23.0. The molecule has 0 N–H and O–H groups in total. The Morgan fingerprint density at radius 2 is 1.50 bits per heavy atom. The van der Waals surface area contributed by atoms with Gasteiger partial charge in [-0.2, -0.15) is 13.2 Å². The van der Waals surface area contributed by atoms with Crippen LogP contribution in [0.3, 0.4) is 0 Å². The molecule has 0 aliphatic heterocycles. The summed E-state index contributed by atoms with van der Waals surface area (Å²) >= 11 is 0. The third-order valence-electron chi connectivity index (χ3n) is 5.45. The zero-order valence-electron chi connectivity index (χ0n) is 18.5. The minimum atomic E-state index is -4.43. The Kier molecular flexibility index (Phi) is 8.39. The molecule has 0 atom stereocenters. The molecular formula is C26H29F3O3. The predicted octanol–water partition coefficient (Wildman–Crippen LogP) is 7.21. The third kappa shape index (κ3) is 6.16. The van der Waals surface area contributed by atoms with Crippen molar-refractivity contribution in [2.24, 2.45) is 0 Å². The maximum Gasteiger partial charge on any atom is 0.417 e. The molecule has 1 aliphatic carbocycles. The Labute approximate surface area is 187 Å². The van der Waals surface area contributed by atoms with Crippen LogP contribution in [-0.2, 0) is 11.3 Å². The van der Waals surface area contributed by atoms with Crippen LogP contribution in [-0.4, -0.2) is 27.0 Å². The van der Waals surface area contributed by atoms with Gasteiger partial charge < -0.3 is 14.2 Å². The monoisotopic (exact) mass is 446 g/mol. The van der Waals surface area contributed by atoms with E-state index in [4.69, 9.17) is 14.2 Å². The normalized spacial score (nSPS) is 14.4. The predicted molar refractivity (Wildman–Crippen MR) is 121 cm³/mol. The number of hydrogen-bond acceptors (Lipinski definition) is 3. The summed E-state index contributed by atoms with van der Waals surface area (Å²) in [4.78, 5) is 0. The second-order valence-electron chi connectivity index (χ2n) is 7.71. The Morgan fingerprint density at radius 3 is 2.16 bits per heavy atom. The van der Waals surface area contributed by atoms with Gasteiger partial charge in [-0.25, -0.2) is 0 Å². The SMILES string of the molecule is COc1cc2c(cc1OC)/C(=C\CCCCCCOCc1ccccc1)C=C2C(F)(F)F. The van der Waals surface area contributed by atoms with E-state index in [9.17, 15) is 13.2 Å². The van der Waals surface area contributed by atoms with E-state index in [0.29, 0.717) is 30.1 Å². The number of methoxy groups -OCH3 is 2. The van der Waals surface area contributed by atoms with E-state index in [1.54, 1.807) is 6.07 Å². The number of ether oxygens (including phenoxy) is 3. The Hall–Kier alpha value is -2.73. The van der Waals surface area contributed by atoms with Crippen LogP contribution in [0, 0.1) is 0 Å². The molecule has 1 aliphatic rings. The van der Waals surface area contributed by atoms with Gasteiger partial charge in [0.25, 0.3) is 0 Å². The summed E-state index contributed by atoms with van der Waals surface area (Å²) in [6, 6.07) is 13.1. The van der Waals surface area contributed by atoms with E-state index in [0.717, 1.165) is 37.7 Å². The number of halogens is 3. The van der Waals surface area contributed by atoms with Crippen LogP contribution < -0.4 is 9.47 Å². The first-order valence-corrected chi connectivity index (χ1v) is 10.8. The molecule has 3 nitrogen and oxygen atoms in total. The molecule has 32 heavy (non-hydrogen) atoms. The van der Waals surface area contributed by atoms with Gasteiger partial charge in [0.1, 0.15) is 0 Å². The minimum absolute atomic E-state index is 0.136. The highest BCUT2D eigenvalue weighted by molar-refractivity contribution is 5.98. The molecule has 0 radical (unpaired) electrons. The van der Waals surface area contributed by atoms with Crippen LogP contribution in [0.4, 0.5) is 13.2 Å². The first-order valence-electron chi connectivity index (χ1n) is 10.8. The number of alkyl halides is 3. The lowest BCUT2D eigenvalue weighted by atomic mass is 10.0. The van der Waals surface area contributed by atoms with Crippen molar-refractivity contribution in [2.45, 2.75) is 44.9 Å².